The largest absolute Gasteiger partial charge is 0.281 e. The molecule has 4 heteroatoms. The van der Waals surface area contributed by atoms with Gasteiger partial charge in [0.25, 0.3) is 0 Å². The van der Waals surface area contributed by atoms with Crippen molar-refractivity contribution in [1.29, 1.82) is 0 Å². The first-order valence-corrected chi connectivity index (χ1v) is 8.98. The van der Waals surface area contributed by atoms with Gasteiger partial charge in [0.1, 0.15) is 0 Å². The fourth-order valence-electron chi connectivity index (χ4n) is 4.38. The van der Waals surface area contributed by atoms with E-state index in [1.165, 1.54) is 11.1 Å². The van der Waals surface area contributed by atoms with Gasteiger partial charge in [0.15, 0.2) is 0 Å². The molecule has 0 aromatic heterocycles. The highest BCUT2D eigenvalue weighted by atomic mass is 15.5. The van der Waals surface area contributed by atoms with Gasteiger partial charge in [-0.1, -0.05) is 60.7 Å². The number of benzene rings is 2. The minimum absolute atomic E-state index is 0.304. The number of hydrazine groups is 1. The van der Waals surface area contributed by atoms with Gasteiger partial charge >= 0.3 is 0 Å². The molecular weight excluding hydrogens is 308 g/mol. The summed E-state index contributed by atoms with van der Waals surface area (Å²) in [5, 5.41) is 2.04. The first-order valence-electron chi connectivity index (χ1n) is 8.98. The first-order chi connectivity index (χ1) is 12.0. The zero-order chi connectivity index (χ0) is 18.0. The van der Waals surface area contributed by atoms with Crippen molar-refractivity contribution < 1.29 is 0 Å². The van der Waals surface area contributed by atoms with E-state index in [1.807, 2.05) is 5.01 Å². The van der Waals surface area contributed by atoms with Crippen molar-refractivity contribution in [2.24, 2.45) is 0 Å². The van der Waals surface area contributed by atoms with Crippen LogP contribution in [0.25, 0.3) is 0 Å². The molecule has 0 unspecified atom stereocenters. The average Bonchev–Trinajstić information content (AvgIpc) is 2.86. The standard InChI is InChI=1S/C21H30N4/c1-16(22-23(2)3)21-24(4)19(17-12-8-6-9-13-17)20(25(21)5)18-14-10-7-11-15-18/h6-16,19-22H,1-5H3/t16-,19+,20+/m1/s1. The molecule has 1 heterocycles. The Kier molecular flexibility index (Phi) is 5.54. The van der Waals surface area contributed by atoms with Crippen molar-refractivity contribution in [3.8, 4) is 0 Å². The maximum atomic E-state index is 3.54. The molecule has 0 amide bonds. The van der Waals surface area contributed by atoms with Gasteiger partial charge in [-0.15, -0.1) is 0 Å². The van der Waals surface area contributed by atoms with Crippen LogP contribution < -0.4 is 5.43 Å². The van der Waals surface area contributed by atoms with E-state index in [2.05, 4.69) is 111 Å². The van der Waals surface area contributed by atoms with Gasteiger partial charge in [0, 0.05) is 20.1 Å². The van der Waals surface area contributed by atoms with Crippen molar-refractivity contribution in [3.05, 3.63) is 71.8 Å². The summed E-state index contributed by atoms with van der Waals surface area (Å²) in [7, 11) is 8.59. The highest BCUT2D eigenvalue weighted by Gasteiger charge is 2.46. The fourth-order valence-corrected chi connectivity index (χ4v) is 4.38. The monoisotopic (exact) mass is 338 g/mol. The normalized spacial score (nSPS) is 24.1. The Labute approximate surface area is 152 Å². The maximum Gasteiger partial charge on any atom is 0.0798 e. The second kappa shape index (κ2) is 7.67. The molecule has 4 nitrogen and oxygen atoms in total. The van der Waals surface area contributed by atoms with Gasteiger partial charge in [0.2, 0.25) is 0 Å². The lowest BCUT2D eigenvalue weighted by Crippen LogP contribution is -2.53. The quantitative estimate of drug-likeness (QED) is 0.846. The zero-order valence-corrected chi connectivity index (χ0v) is 15.9. The van der Waals surface area contributed by atoms with Gasteiger partial charge in [-0.25, -0.2) is 5.43 Å². The van der Waals surface area contributed by atoms with Gasteiger partial charge in [-0.3, -0.25) is 14.8 Å². The van der Waals surface area contributed by atoms with E-state index in [4.69, 9.17) is 0 Å². The summed E-state index contributed by atoms with van der Waals surface area (Å²) in [6.07, 6.45) is 0.304. The number of likely N-dealkylation sites (N-methyl/N-ethyl adjacent to an activating group) is 2. The highest BCUT2D eigenvalue weighted by Crippen LogP contribution is 2.45. The van der Waals surface area contributed by atoms with Crippen LogP contribution in [0.3, 0.4) is 0 Å². The lowest BCUT2D eigenvalue weighted by molar-refractivity contribution is 0.0872. The minimum atomic E-state index is 0.304. The van der Waals surface area contributed by atoms with E-state index in [1.54, 1.807) is 0 Å². The minimum Gasteiger partial charge on any atom is -0.281 e. The molecule has 2 aromatic carbocycles. The topological polar surface area (TPSA) is 21.8 Å². The summed E-state index contributed by atoms with van der Waals surface area (Å²) in [5.41, 5.74) is 6.27. The number of rotatable bonds is 5. The number of hydrogen-bond donors (Lipinski definition) is 1. The molecular formula is C21H30N4. The number of nitrogens with zero attached hydrogens (tertiary/aromatic N) is 3. The average molecular weight is 338 g/mol. The van der Waals surface area contributed by atoms with Crippen molar-refractivity contribution in [3.63, 3.8) is 0 Å². The molecule has 3 atom stereocenters. The van der Waals surface area contributed by atoms with Crippen molar-refractivity contribution >= 4 is 0 Å². The van der Waals surface area contributed by atoms with E-state index in [0.717, 1.165) is 0 Å². The smallest absolute Gasteiger partial charge is 0.0798 e. The molecule has 0 radical (unpaired) electrons. The van der Waals surface area contributed by atoms with Crippen LogP contribution in [-0.2, 0) is 0 Å². The molecule has 0 aliphatic carbocycles. The summed E-state index contributed by atoms with van der Waals surface area (Å²) < 4.78 is 0. The van der Waals surface area contributed by atoms with E-state index >= 15 is 0 Å². The molecule has 1 aliphatic rings. The third-order valence-electron chi connectivity index (χ3n) is 5.20. The summed E-state index contributed by atoms with van der Waals surface area (Å²) in [6, 6.07) is 22.7. The molecule has 0 spiro atoms. The predicted octanol–water partition coefficient (Wildman–Crippen LogP) is 3.13. The van der Waals surface area contributed by atoms with Crippen LogP contribution in [0.5, 0.6) is 0 Å². The molecule has 1 fully saturated rings. The van der Waals surface area contributed by atoms with Crippen LogP contribution in [0.15, 0.2) is 60.7 Å². The fraction of sp³-hybridized carbons (Fsp3) is 0.429. The second-order valence-corrected chi connectivity index (χ2v) is 7.27. The number of hydrogen-bond acceptors (Lipinski definition) is 4. The first kappa shape index (κ1) is 18.1. The zero-order valence-electron chi connectivity index (χ0n) is 15.9. The SMILES string of the molecule is C[C@@H](NN(C)C)C1N(C)[C@@H](c2ccccc2)[C@H](c2ccccc2)N1C. The lowest BCUT2D eigenvalue weighted by atomic mass is 9.93. The van der Waals surface area contributed by atoms with Crippen LogP contribution in [0.1, 0.15) is 30.1 Å². The molecule has 1 aliphatic heterocycles. The van der Waals surface area contributed by atoms with Crippen LogP contribution >= 0.6 is 0 Å². The van der Waals surface area contributed by atoms with Gasteiger partial charge in [-0.05, 0) is 32.1 Å². The van der Waals surface area contributed by atoms with Gasteiger partial charge in [0.05, 0.1) is 18.2 Å². The van der Waals surface area contributed by atoms with E-state index in [0.29, 0.717) is 24.3 Å². The van der Waals surface area contributed by atoms with Crippen LogP contribution in [0.2, 0.25) is 0 Å². The van der Waals surface area contributed by atoms with Crippen LogP contribution in [0.4, 0.5) is 0 Å². The van der Waals surface area contributed by atoms with Crippen LogP contribution in [-0.4, -0.2) is 55.2 Å². The summed E-state index contributed by atoms with van der Waals surface area (Å²) >= 11 is 0. The van der Waals surface area contributed by atoms with E-state index < -0.39 is 0 Å². The molecule has 0 saturated carbocycles. The Morgan fingerprint density at radius 3 is 1.56 bits per heavy atom. The van der Waals surface area contributed by atoms with Crippen molar-refractivity contribution in [2.45, 2.75) is 31.2 Å². The van der Waals surface area contributed by atoms with Gasteiger partial charge < -0.3 is 0 Å². The number of nitrogens with one attached hydrogen (secondary N) is 1. The van der Waals surface area contributed by atoms with Crippen molar-refractivity contribution in [2.75, 3.05) is 28.2 Å². The maximum absolute atomic E-state index is 3.54. The Bertz CT molecular complexity index is 607. The van der Waals surface area contributed by atoms with Crippen molar-refractivity contribution in [1.82, 2.24) is 20.2 Å². The summed E-state index contributed by atoms with van der Waals surface area (Å²) in [5.74, 6) is 0. The molecule has 3 rings (SSSR count). The van der Waals surface area contributed by atoms with Crippen LogP contribution in [0, 0.1) is 0 Å². The predicted molar refractivity (Wildman–Crippen MR) is 104 cm³/mol. The Morgan fingerprint density at radius 1 is 0.800 bits per heavy atom. The molecule has 2 aromatic rings. The van der Waals surface area contributed by atoms with Gasteiger partial charge in [-0.2, -0.15) is 0 Å². The molecule has 0 bridgehead atoms. The molecule has 25 heavy (non-hydrogen) atoms. The molecule has 1 N–H and O–H groups in total. The molecule has 1 saturated heterocycles. The Morgan fingerprint density at radius 2 is 1.20 bits per heavy atom. The van der Waals surface area contributed by atoms with E-state index in [-0.39, 0.29) is 0 Å². The third-order valence-corrected chi connectivity index (χ3v) is 5.20. The van der Waals surface area contributed by atoms with E-state index in [9.17, 15) is 0 Å². The second-order valence-electron chi connectivity index (χ2n) is 7.27. The Balaban J connectivity index is 2.00. The summed E-state index contributed by atoms with van der Waals surface area (Å²) in [6.45, 7) is 2.26. The molecule has 134 valence electrons. The highest BCUT2D eigenvalue weighted by molar-refractivity contribution is 5.30. The lowest BCUT2D eigenvalue weighted by Gasteiger charge is -2.34. The Hall–Kier alpha value is -1.72. The third kappa shape index (κ3) is 3.62. The summed E-state index contributed by atoms with van der Waals surface area (Å²) in [4.78, 5) is 5.02.